The maximum atomic E-state index is 12.8. The summed E-state index contributed by atoms with van der Waals surface area (Å²) in [6.07, 6.45) is 4.32. The van der Waals surface area contributed by atoms with Gasteiger partial charge in [0.1, 0.15) is 11.6 Å². The Morgan fingerprint density at radius 1 is 1.50 bits per heavy atom. The van der Waals surface area contributed by atoms with Gasteiger partial charge in [-0.3, -0.25) is 5.32 Å². The van der Waals surface area contributed by atoms with Gasteiger partial charge in [0.25, 0.3) is 0 Å². The third kappa shape index (κ3) is 3.41. The van der Waals surface area contributed by atoms with Crippen LogP contribution in [0.2, 0.25) is 0 Å². The van der Waals surface area contributed by atoms with Crippen molar-refractivity contribution >= 4 is 23.2 Å². The maximum absolute atomic E-state index is 12.8. The van der Waals surface area contributed by atoms with Gasteiger partial charge in [0.15, 0.2) is 0 Å². The SMILES string of the molecule is Cc1nc2c(s1)CCC[C@@H]2CNC(=O)Nc1ccc(F)cn1. The van der Waals surface area contributed by atoms with E-state index in [0.717, 1.165) is 36.2 Å². The highest BCUT2D eigenvalue weighted by Crippen LogP contribution is 2.34. The van der Waals surface area contributed by atoms with Crippen LogP contribution in [0.4, 0.5) is 15.0 Å². The number of anilines is 1. The largest absolute Gasteiger partial charge is 0.337 e. The number of carbonyl (C=O) groups excluding carboxylic acids is 1. The topological polar surface area (TPSA) is 66.9 Å². The molecule has 0 bridgehead atoms. The van der Waals surface area contributed by atoms with Crippen LogP contribution in [0.5, 0.6) is 0 Å². The van der Waals surface area contributed by atoms with Crippen LogP contribution in [-0.4, -0.2) is 22.5 Å². The molecule has 0 aliphatic heterocycles. The standard InChI is InChI=1S/C15H17FN4OS/c1-9-19-14-10(3-2-4-12(14)22-9)7-18-15(21)20-13-6-5-11(16)8-17-13/h5-6,8,10H,2-4,7H2,1H3,(H2,17,18,20,21)/t10-/m1/s1. The lowest BCUT2D eigenvalue weighted by atomic mass is 9.91. The fourth-order valence-corrected chi connectivity index (χ4v) is 3.72. The van der Waals surface area contributed by atoms with Gasteiger partial charge in [0.05, 0.1) is 16.9 Å². The Balaban J connectivity index is 1.56. The van der Waals surface area contributed by atoms with Gasteiger partial charge in [-0.05, 0) is 38.3 Å². The van der Waals surface area contributed by atoms with Gasteiger partial charge in [0.2, 0.25) is 0 Å². The molecule has 1 aliphatic carbocycles. The second-order valence-corrected chi connectivity index (χ2v) is 6.61. The van der Waals surface area contributed by atoms with E-state index in [4.69, 9.17) is 0 Å². The number of carbonyl (C=O) groups is 1. The lowest BCUT2D eigenvalue weighted by Crippen LogP contribution is -2.33. The van der Waals surface area contributed by atoms with Crippen molar-refractivity contribution in [3.63, 3.8) is 0 Å². The summed E-state index contributed by atoms with van der Waals surface area (Å²) >= 11 is 1.75. The molecule has 2 aromatic heterocycles. The van der Waals surface area contributed by atoms with Crippen LogP contribution in [0.15, 0.2) is 18.3 Å². The summed E-state index contributed by atoms with van der Waals surface area (Å²) in [4.78, 5) is 21.6. The molecule has 2 N–H and O–H groups in total. The number of urea groups is 1. The number of aryl methyl sites for hydroxylation is 2. The number of fused-ring (bicyclic) bond motifs is 1. The van der Waals surface area contributed by atoms with Gasteiger partial charge in [0, 0.05) is 17.3 Å². The number of pyridine rings is 1. The summed E-state index contributed by atoms with van der Waals surface area (Å²) < 4.78 is 12.8. The molecule has 22 heavy (non-hydrogen) atoms. The Morgan fingerprint density at radius 3 is 3.14 bits per heavy atom. The first-order valence-electron chi connectivity index (χ1n) is 7.24. The lowest BCUT2D eigenvalue weighted by molar-refractivity contribution is 0.251. The quantitative estimate of drug-likeness (QED) is 0.912. The Labute approximate surface area is 132 Å². The number of hydrogen-bond acceptors (Lipinski definition) is 4. The molecule has 0 saturated carbocycles. The van der Waals surface area contributed by atoms with Crippen molar-refractivity contribution in [1.82, 2.24) is 15.3 Å². The van der Waals surface area contributed by atoms with E-state index in [-0.39, 0.29) is 11.9 Å². The lowest BCUT2D eigenvalue weighted by Gasteiger charge is -2.21. The second-order valence-electron chi connectivity index (χ2n) is 5.33. The molecule has 1 aliphatic rings. The molecule has 2 amide bonds. The van der Waals surface area contributed by atoms with Crippen LogP contribution >= 0.6 is 11.3 Å². The first-order chi connectivity index (χ1) is 10.6. The minimum absolute atomic E-state index is 0.264. The van der Waals surface area contributed by atoms with Gasteiger partial charge in [-0.2, -0.15) is 0 Å². The summed E-state index contributed by atoms with van der Waals surface area (Å²) in [6.45, 7) is 2.56. The molecule has 7 heteroatoms. The highest BCUT2D eigenvalue weighted by atomic mass is 32.1. The molecular formula is C15H17FN4OS. The van der Waals surface area contributed by atoms with Crippen molar-refractivity contribution < 1.29 is 9.18 Å². The van der Waals surface area contributed by atoms with Crippen molar-refractivity contribution in [3.8, 4) is 0 Å². The Bertz CT molecular complexity index is 671. The number of halogens is 1. The van der Waals surface area contributed by atoms with E-state index in [1.165, 1.54) is 17.0 Å². The summed E-state index contributed by atoms with van der Waals surface area (Å²) in [7, 11) is 0. The maximum Gasteiger partial charge on any atom is 0.320 e. The summed E-state index contributed by atoms with van der Waals surface area (Å²) in [5.41, 5.74) is 1.13. The molecule has 2 heterocycles. The normalized spacial score (nSPS) is 16.9. The van der Waals surface area contributed by atoms with Gasteiger partial charge >= 0.3 is 6.03 Å². The predicted molar refractivity (Wildman–Crippen MR) is 83.7 cm³/mol. The van der Waals surface area contributed by atoms with E-state index < -0.39 is 5.82 Å². The molecule has 3 rings (SSSR count). The smallest absolute Gasteiger partial charge is 0.320 e. The molecule has 0 fully saturated rings. The van der Waals surface area contributed by atoms with Crippen LogP contribution in [0.3, 0.4) is 0 Å². The third-order valence-corrected chi connectivity index (χ3v) is 4.70. The van der Waals surface area contributed by atoms with Gasteiger partial charge in [-0.15, -0.1) is 11.3 Å². The van der Waals surface area contributed by atoms with E-state index >= 15 is 0 Å². The van der Waals surface area contributed by atoms with E-state index in [1.807, 2.05) is 6.92 Å². The van der Waals surface area contributed by atoms with Crippen LogP contribution < -0.4 is 10.6 Å². The van der Waals surface area contributed by atoms with Crippen LogP contribution in [0.25, 0.3) is 0 Å². The fraction of sp³-hybridized carbons (Fsp3) is 0.400. The summed E-state index contributed by atoms with van der Waals surface area (Å²) in [6, 6.07) is 2.35. The zero-order chi connectivity index (χ0) is 15.5. The molecule has 0 unspecified atom stereocenters. The van der Waals surface area contributed by atoms with Crippen molar-refractivity contribution in [2.75, 3.05) is 11.9 Å². The number of amides is 2. The molecule has 0 radical (unpaired) electrons. The average Bonchev–Trinajstić information content (AvgIpc) is 2.88. The van der Waals surface area contributed by atoms with Crippen molar-refractivity contribution in [2.45, 2.75) is 32.1 Å². The predicted octanol–water partition coefficient (Wildman–Crippen LogP) is 3.23. The molecule has 2 aromatic rings. The van der Waals surface area contributed by atoms with Crippen molar-refractivity contribution in [2.24, 2.45) is 0 Å². The molecule has 5 nitrogen and oxygen atoms in total. The number of aromatic nitrogens is 2. The highest BCUT2D eigenvalue weighted by Gasteiger charge is 2.24. The highest BCUT2D eigenvalue weighted by molar-refractivity contribution is 7.11. The molecular weight excluding hydrogens is 303 g/mol. The monoisotopic (exact) mass is 320 g/mol. The molecule has 1 atom stereocenters. The van der Waals surface area contributed by atoms with Crippen LogP contribution in [0, 0.1) is 12.7 Å². The minimum Gasteiger partial charge on any atom is -0.337 e. The molecule has 116 valence electrons. The number of nitrogens with one attached hydrogen (secondary N) is 2. The average molecular weight is 320 g/mol. The fourth-order valence-electron chi connectivity index (χ4n) is 2.65. The number of thiazole rings is 1. The first-order valence-corrected chi connectivity index (χ1v) is 8.06. The van der Waals surface area contributed by atoms with Crippen molar-refractivity contribution in [3.05, 3.63) is 39.7 Å². The number of nitrogens with zero attached hydrogens (tertiary/aromatic N) is 2. The van der Waals surface area contributed by atoms with E-state index in [1.54, 1.807) is 11.3 Å². The molecule has 0 saturated heterocycles. The first kappa shape index (κ1) is 14.9. The number of hydrogen-bond donors (Lipinski definition) is 2. The number of rotatable bonds is 3. The van der Waals surface area contributed by atoms with Crippen LogP contribution in [0.1, 0.15) is 34.3 Å². The Morgan fingerprint density at radius 2 is 2.36 bits per heavy atom. The summed E-state index contributed by atoms with van der Waals surface area (Å²) in [5, 5.41) is 6.52. The summed E-state index contributed by atoms with van der Waals surface area (Å²) in [5.74, 6) is 0.160. The van der Waals surface area contributed by atoms with Gasteiger partial charge in [-0.25, -0.2) is 19.2 Å². The van der Waals surface area contributed by atoms with E-state index in [9.17, 15) is 9.18 Å². The zero-order valence-corrected chi connectivity index (χ0v) is 13.0. The molecule has 0 aromatic carbocycles. The third-order valence-electron chi connectivity index (χ3n) is 3.66. The minimum atomic E-state index is -0.431. The van der Waals surface area contributed by atoms with Gasteiger partial charge < -0.3 is 5.32 Å². The Hall–Kier alpha value is -2.02. The van der Waals surface area contributed by atoms with Crippen molar-refractivity contribution in [1.29, 1.82) is 0 Å². The van der Waals surface area contributed by atoms with E-state index in [0.29, 0.717) is 12.4 Å². The second kappa shape index (κ2) is 6.39. The molecule has 0 spiro atoms. The van der Waals surface area contributed by atoms with E-state index in [2.05, 4.69) is 20.6 Å². The van der Waals surface area contributed by atoms with Gasteiger partial charge in [-0.1, -0.05) is 0 Å². The Kier molecular flexibility index (Phi) is 4.33. The zero-order valence-electron chi connectivity index (χ0n) is 12.2. The van der Waals surface area contributed by atoms with Crippen LogP contribution in [-0.2, 0) is 6.42 Å².